The Hall–Kier alpha value is -4.70. The number of halogens is 3. The molecular formula is C30H25F3N6S. The van der Waals surface area contributed by atoms with Crippen molar-refractivity contribution in [2.24, 2.45) is 0 Å². The Morgan fingerprint density at radius 1 is 0.875 bits per heavy atom. The number of alkyl halides is 3. The molecule has 5 rings (SSSR count). The molecule has 0 radical (unpaired) electrons. The molecule has 0 unspecified atom stereocenters. The van der Waals surface area contributed by atoms with Crippen LogP contribution in [0.25, 0.3) is 21.6 Å². The first-order valence-electron chi connectivity index (χ1n) is 12.2. The molecule has 0 fully saturated rings. The Bertz CT molecular complexity index is 1720. The first-order valence-corrected chi connectivity index (χ1v) is 13.1. The molecule has 202 valence electrons. The van der Waals surface area contributed by atoms with Crippen LogP contribution in [0.2, 0.25) is 0 Å². The van der Waals surface area contributed by atoms with Gasteiger partial charge in [-0.15, -0.1) is 11.3 Å². The third-order valence-electron chi connectivity index (χ3n) is 6.21. The number of pyridine rings is 1. The molecule has 2 aromatic carbocycles. The Morgan fingerprint density at radius 3 is 2.42 bits per heavy atom. The number of benzene rings is 2. The standard InChI is InChI=1S/C30H25F3N6S/c1-17-8-10-23(37-19(3)21-6-5-7-22(12-21)30(31,32)33)13-26(17)38-20(4)25-15-40-28-27(25)35-16-36-29(28)39-24-11-9-18(2)34-14-24/h5-16,37-38H,3-4H2,1-2H3,(H,35,36,39). The van der Waals surface area contributed by atoms with E-state index in [0.29, 0.717) is 28.5 Å². The second-order valence-corrected chi connectivity index (χ2v) is 10.1. The molecule has 0 saturated carbocycles. The van der Waals surface area contributed by atoms with Gasteiger partial charge < -0.3 is 16.0 Å². The molecule has 5 aromatic rings. The molecule has 3 aromatic heterocycles. The van der Waals surface area contributed by atoms with Gasteiger partial charge in [0.1, 0.15) is 6.33 Å². The lowest BCUT2D eigenvalue weighted by Crippen LogP contribution is -2.06. The van der Waals surface area contributed by atoms with Crippen molar-refractivity contribution in [2.75, 3.05) is 16.0 Å². The van der Waals surface area contributed by atoms with Gasteiger partial charge in [-0.1, -0.05) is 31.4 Å². The molecule has 3 N–H and O–H groups in total. The van der Waals surface area contributed by atoms with Crippen LogP contribution in [-0.2, 0) is 6.18 Å². The summed E-state index contributed by atoms with van der Waals surface area (Å²) in [5, 5.41) is 11.8. The van der Waals surface area contributed by atoms with Gasteiger partial charge in [-0.05, 0) is 61.4 Å². The minimum Gasteiger partial charge on any atom is -0.355 e. The highest BCUT2D eigenvalue weighted by Gasteiger charge is 2.30. The fraction of sp³-hybridized carbons (Fsp3) is 0.100. The third-order valence-corrected chi connectivity index (χ3v) is 7.19. The van der Waals surface area contributed by atoms with E-state index >= 15 is 0 Å². The number of anilines is 4. The maximum Gasteiger partial charge on any atom is 0.416 e. The Morgan fingerprint density at radius 2 is 1.68 bits per heavy atom. The van der Waals surface area contributed by atoms with Crippen LogP contribution in [0, 0.1) is 13.8 Å². The van der Waals surface area contributed by atoms with Gasteiger partial charge in [-0.3, -0.25) is 4.98 Å². The molecule has 0 aliphatic heterocycles. The van der Waals surface area contributed by atoms with Crippen LogP contribution >= 0.6 is 11.3 Å². The smallest absolute Gasteiger partial charge is 0.355 e. The fourth-order valence-corrected chi connectivity index (χ4v) is 5.01. The third kappa shape index (κ3) is 5.81. The number of rotatable bonds is 8. The molecule has 10 heteroatoms. The second-order valence-electron chi connectivity index (χ2n) is 9.18. The number of nitrogens with one attached hydrogen (secondary N) is 3. The minimum absolute atomic E-state index is 0.351. The van der Waals surface area contributed by atoms with E-state index in [1.807, 2.05) is 49.6 Å². The number of hydrogen-bond donors (Lipinski definition) is 3. The monoisotopic (exact) mass is 558 g/mol. The van der Waals surface area contributed by atoms with Gasteiger partial charge in [-0.2, -0.15) is 13.2 Å². The number of aromatic nitrogens is 3. The van der Waals surface area contributed by atoms with Gasteiger partial charge in [0.25, 0.3) is 0 Å². The SMILES string of the molecule is C=C(Nc1ccc(C)c(NC(=C)c2csc3c(Nc4ccc(C)nc4)ncnc23)c1)c1cccc(C(F)(F)F)c1. The molecular weight excluding hydrogens is 533 g/mol. The van der Waals surface area contributed by atoms with Gasteiger partial charge in [0.15, 0.2) is 5.82 Å². The van der Waals surface area contributed by atoms with Crippen LogP contribution < -0.4 is 16.0 Å². The van der Waals surface area contributed by atoms with Crippen molar-refractivity contribution in [3.05, 3.63) is 114 Å². The van der Waals surface area contributed by atoms with Gasteiger partial charge in [0.05, 0.1) is 27.7 Å². The molecule has 0 spiro atoms. The second kappa shape index (κ2) is 10.8. The minimum atomic E-state index is -4.43. The van der Waals surface area contributed by atoms with Crippen molar-refractivity contribution < 1.29 is 13.2 Å². The molecule has 3 heterocycles. The van der Waals surface area contributed by atoms with Gasteiger partial charge in [0, 0.05) is 39.4 Å². The largest absolute Gasteiger partial charge is 0.416 e. The fourth-order valence-electron chi connectivity index (χ4n) is 4.03. The van der Waals surface area contributed by atoms with E-state index in [1.165, 1.54) is 23.7 Å². The lowest BCUT2D eigenvalue weighted by molar-refractivity contribution is -0.137. The van der Waals surface area contributed by atoms with E-state index in [2.05, 4.69) is 44.1 Å². The molecule has 6 nitrogen and oxygen atoms in total. The lowest BCUT2D eigenvalue weighted by atomic mass is 10.1. The molecule has 0 atom stereocenters. The predicted octanol–water partition coefficient (Wildman–Crippen LogP) is 8.63. The summed E-state index contributed by atoms with van der Waals surface area (Å²) in [5.41, 5.74) is 6.36. The summed E-state index contributed by atoms with van der Waals surface area (Å²) >= 11 is 1.51. The zero-order valence-electron chi connectivity index (χ0n) is 21.7. The van der Waals surface area contributed by atoms with Crippen LogP contribution in [0.4, 0.5) is 36.1 Å². The molecule has 0 saturated heterocycles. The summed E-state index contributed by atoms with van der Waals surface area (Å²) in [4.78, 5) is 13.2. The van der Waals surface area contributed by atoms with Crippen molar-refractivity contribution in [3.63, 3.8) is 0 Å². The summed E-state index contributed by atoms with van der Waals surface area (Å²) in [6, 6.07) is 14.5. The summed E-state index contributed by atoms with van der Waals surface area (Å²) < 4.78 is 40.3. The van der Waals surface area contributed by atoms with E-state index in [1.54, 1.807) is 12.3 Å². The molecule has 0 aliphatic rings. The Balaban J connectivity index is 1.34. The van der Waals surface area contributed by atoms with Crippen LogP contribution in [0.5, 0.6) is 0 Å². The number of aryl methyl sites for hydroxylation is 2. The van der Waals surface area contributed by atoms with Crippen molar-refractivity contribution in [2.45, 2.75) is 20.0 Å². The Labute approximate surface area is 233 Å². The average Bonchev–Trinajstić information content (AvgIpc) is 3.37. The average molecular weight is 559 g/mol. The number of fused-ring (bicyclic) bond motifs is 1. The molecule has 0 aliphatic carbocycles. The first kappa shape index (κ1) is 26.9. The van der Waals surface area contributed by atoms with E-state index in [-0.39, 0.29) is 0 Å². The topological polar surface area (TPSA) is 74.8 Å². The summed E-state index contributed by atoms with van der Waals surface area (Å²) in [7, 11) is 0. The van der Waals surface area contributed by atoms with E-state index < -0.39 is 11.7 Å². The number of thiophene rings is 1. The van der Waals surface area contributed by atoms with Gasteiger partial charge in [0.2, 0.25) is 0 Å². The van der Waals surface area contributed by atoms with E-state index in [4.69, 9.17) is 0 Å². The van der Waals surface area contributed by atoms with Crippen LogP contribution in [0.1, 0.15) is 27.9 Å². The van der Waals surface area contributed by atoms with E-state index in [9.17, 15) is 13.2 Å². The predicted molar refractivity (Wildman–Crippen MR) is 158 cm³/mol. The maximum absolute atomic E-state index is 13.1. The van der Waals surface area contributed by atoms with Crippen molar-refractivity contribution >= 4 is 55.8 Å². The zero-order chi connectivity index (χ0) is 28.4. The highest BCUT2D eigenvalue weighted by atomic mass is 32.1. The summed E-state index contributed by atoms with van der Waals surface area (Å²) in [6.45, 7) is 12.1. The lowest BCUT2D eigenvalue weighted by Gasteiger charge is -2.16. The van der Waals surface area contributed by atoms with Gasteiger partial charge >= 0.3 is 6.18 Å². The van der Waals surface area contributed by atoms with Crippen LogP contribution in [-0.4, -0.2) is 15.0 Å². The first-order chi connectivity index (χ1) is 19.1. The van der Waals surface area contributed by atoms with Crippen molar-refractivity contribution in [3.8, 4) is 0 Å². The van der Waals surface area contributed by atoms with Crippen molar-refractivity contribution in [1.29, 1.82) is 0 Å². The van der Waals surface area contributed by atoms with Crippen LogP contribution in [0.3, 0.4) is 0 Å². The van der Waals surface area contributed by atoms with Gasteiger partial charge in [-0.25, -0.2) is 9.97 Å². The zero-order valence-corrected chi connectivity index (χ0v) is 22.5. The maximum atomic E-state index is 13.1. The summed E-state index contributed by atoms with van der Waals surface area (Å²) in [6.07, 6.45) is -1.17. The highest BCUT2D eigenvalue weighted by molar-refractivity contribution is 7.18. The van der Waals surface area contributed by atoms with E-state index in [0.717, 1.165) is 50.5 Å². The van der Waals surface area contributed by atoms with Crippen molar-refractivity contribution in [1.82, 2.24) is 15.0 Å². The number of hydrogen-bond acceptors (Lipinski definition) is 7. The number of nitrogens with zero attached hydrogens (tertiary/aromatic N) is 3. The Kier molecular flexibility index (Phi) is 7.27. The normalized spacial score (nSPS) is 11.3. The molecule has 0 bridgehead atoms. The van der Waals surface area contributed by atoms with Crippen LogP contribution in [0.15, 0.2) is 85.7 Å². The highest BCUT2D eigenvalue weighted by Crippen LogP contribution is 2.35. The summed E-state index contributed by atoms with van der Waals surface area (Å²) in [5.74, 6) is 0.676. The quantitative estimate of drug-likeness (QED) is 0.177. The molecule has 0 amide bonds. The molecule has 40 heavy (non-hydrogen) atoms.